The Bertz CT molecular complexity index is 1330. The van der Waals surface area contributed by atoms with E-state index >= 15 is 0 Å². The van der Waals surface area contributed by atoms with Crippen LogP contribution in [0.3, 0.4) is 0 Å². The van der Waals surface area contributed by atoms with Gasteiger partial charge in [-0.15, -0.1) is 0 Å². The van der Waals surface area contributed by atoms with E-state index < -0.39 is 43.2 Å². The lowest BCUT2D eigenvalue weighted by atomic mass is 10.0. The molecule has 1 aromatic heterocycles. The Labute approximate surface area is 212 Å². The number of nitrogens with zero attached hydrogens (tertiary/aromatic N) is 1. The zero-order valence-corrected chi connectivity index (χ0v) is 20.0. The van der Waals surface area contributed by atoms with Crippen LogP contribution in [0.2, 0.25) is 5.02 Å². The summed E-state index contributed by atoms with van der Waals surface area (Å²) in [5, 5.41) is 14.7. The smallest absolute Gasteiger partial charge is 0.387 e. The van der Waals surface area contributed by atoms with Gasteiger partial charge in [-0.3, -0.25) is 9.59 Å². The van der Waals surface area contributed by atoms with Crippen molar-refractivity contribution in [2.24, 2.45) is 5.92 Å². The zero-order valence-electron chi connectivity index (χ0n) is 19.2. The molecule has 1 atom stereocenters. The molecule has 0 spiro atoms. The number of esters is 1. The predicted octanol–water partition coefficient (Wildman–Crippen LogP) is 5.70. The van der Waals surface area contributed by atoms with Gasteiger partial charge in [0.2, 0.25) is 11.8 Å². The summed E-state index contributed by atoms with van der Waals surface area (Å²) in [5.41, 5.74) is 0.407. The number of hydrogen-bond donors (Lipinski definition) is 2. The van der Waals surface area contributed by atoms with E-state index in [4.69, 9.17) is 16.3 Å². The number of aromatic nitrogens is 1. The standard InChI is InChI=1S/C24H21ClF4N2O6/c1-35-19(32)9-16(12-4-7-17(36-23(26)27)18(8-12)37-24(28)29)31-10-13-14(25)5-6-15(20(13)22(31)34)30-21(33)11-2-3-11/h4-8,10-11,16,23-24,34H,2-3,9H2,1H3,(H,30,33). The molecule has 1 amide bonds. The van der Waals surface area contributed by atoms with Crippen molar-refractivity contribution < 1.29 is 46.5 Å². The van der Waals surface area contributed by atoms with Crippen molar-refractivity contribution >= 4 is 39.9 Å². The van der Waals surface area contributed by atoms with Gasteiger partial charge in [0.05, 0.1) is 35.7 Å². The number of rotatable bonds is 10. The number of carbonyl (C=O) groups excluding carboxylic acids is 2. The minimum absolute atomic E-state index is 0.121. The molecule has 2 N–H and O–H groups in total. The molecular formula is C24H21ClF4N2O6. The van der Waals surface area contributed by atoms with Crippen molar-refractivity contribution in [2.45, 2.75) is 38.5 Å². The maximum absolute atomic E-state index is 13.0. The van der Waals surface area contributed by atoms with Crippen LogP contribution in [0.5, 0.6) is 17.4 Å². The van der Waals surface area contributed by atoms with Gasteiger partial charge in [0.15, 0.2) is 11.5 Å². The zero-order chi connectivity index (χ0) is 26.9. The third-order valence-electron chi connectivity index (χ3n) is 5.84. The summed E-state index contributed by atoms with van der Waals surface area (Å²) >= 11 is 6.34. The Morgan fingerprint density at radius 1 is 1.11 bits per heavy atom. The molecule has 3 aromatic rings. The molecule has 1 fully saturated rings. The molecule has 4 rings (SSSR count). The lowest BCUT2D eigenvalue weighted by Gasteiger charge is -2.21. The van der Waals surface area contributed by atoms with E-state index in [1.807, 2.05) is 0 Å². The molecule has 2 aromatic carbocycles. The van der Waals surface area contributed by atoms with Crippen LogP contribution in [0.4, 0.5) is 23.2 Å². The van der Waals surface area contributed by atoms with Crippen LogP contribution in [0.15, 0.2) is 36.5 Å². The van der Waals surface area contributed by atoms with Gasteiger partial charge in [0, 0.05) is 17.5 Å². The number of carbonyl (C=O) groups is 2. The second kappa shape index (κ2) is 10.8. The van der Waals surface area contributed by atoms with Crippen LogP contribution in [0.1, 0.15) is 30.9 Å². The molecule has 198 valence electrons. The van der Waals surface area contributed by atoms with Gasteiger partial charge in [-0.05, 0) is 42.7 Å². The van der Waals surface area contributed by atoms with Crippen molar-refractivity contribution in [1.82, 2.24) is 4.57 Å². The Kier molecular flexibility index (Phi) is 7.67. The lowest BCUT2D eigenvalue weighted by Crippen LogP contribution is -2.16. The van der Waals surface area contributed by atoms with Crippen LogP contribution < -0.4 is 14.8 Å². The quantitative estimate of drug-likeness (QED) is 0.251. The lowest BCUT2D eigenvalue weighted by molar-refractivity contribution is -0.141. The highest BCUT2D eigenvalue weighted by Crippen LogP contribution is 2.43. The van der Waals surface area contributed by atoms with E-state index in [1.165, 1.54) is 29.0 Å². The second-order valence-corrected chi connectivity index (χ2v) is 8.67. The summed E-state index contributed by atoms with van der Waals surface area (Å²) in [7, 11) is 1.14. The number of nitrogens with one attached hydrogen (secondary N) is 1. The van der Waals surface area contributed by atoms with Crippen LogP contribution in [0.25, 0.3) is 10.8 Å². The topological polar surface area (TPSA) is 99.0 Å². The minimum atomic E-state index is -3.35. The van der Waals surface area contributed by atoms with Crippen molar-refractivity contribution in [2.75, 3.05) is 12.4 Å². The number of benzene rings is 2. The SMILES string of the molecule is COC(=O)CC(c1ccc(OC(F)F)c(OC(F)F)c1)n1cc2c(Cl)ccc(NC(=O)C3CC3)c2c1O. The van der Waals surface area contributed by atoms with E-state index in [2.05, 4.69) is 14.8 Å². The number of fused-ring (bicyclic) bond motifs is 1. The summed E-state index contributed by atoms with van der Waals surface area (Å²) < 4.78 is 66.1. The summed E-state index contributed by atoms with van der Waals surface area (Å²) in [5.74, 6) is -2.80. The minimum Gasteiger partial charge on any atom is -0.494 e. The number of anilines is 1. The summed E-state index contributed by atoms with van der Waals surface area (Å²) in [6.45, 7) is -6.66. The average molecular weight is 545 g/mol. The number of amides is 1. The third kappa shape index (κ3) is 5.85. The molecule has 1 aliphatic rings. The molecule has 1 aliphatic carbocycles. The molecule has 13 heteroatoms. The number of hydrogen-bond acceptors (Lipinski definition) is 6. The first kappa shape index (κ1) is 26.4. The van der Waals surface area contributed by atoms with E-state index in [1.54, 1.807) is 0 Å². The summed E-state index contributed by atoms with van der Waals surface area (Å²) in [6.07, 6.45) is 2.54. The first-order valence-electron chi connectivity index (χ1n) is 11.0. The van der Waals surface area contributed by atoms with Crippen LogP contribution in [-0.2, 0) is 14.3 Å². The maximum Gasteiger partial charge on any atom is 0.387 e. The van der Waals surface area contributed by atoms with E-state index in [9.17, 15) is 32.3 Å². The molecule has 0 bridgehead atoms. The molecule has 1 unspecified atom stereocenters. The highest BCUT2D eigenvalue weighted by Gasteiger charge is 2.31. The van der Waals surface area contributed by atoms with Gasteiger partial charge in [-0.2, -0.15) is 17.6 Å². The summed E-state index contributed by atoms with van der Waals surface area (Å²) in [4.78, 5) is 24.6. The van der Waals surface area contributed by atoms with E-state index in [-0.39, 0.29) is 39.4 Å². The van der Waals surface area contributed by atoms with Crippen LogP contribution >= 0.6 is 11.6 Å². The number of alkyl halides is 4. The van der Waals surface area contributed by atoms with Crippen LogP contribution in [-0.4, -0.2) is 41.9 Å². The molecule has 0 aliphatic heterocycles. The second-order valence-electron chi connectivity index (χ2n) is 8.27. The Hall–Kier alpha value is -3.67. The maximum atomic E-state index is 13.0. The molecule has 0 saturated heterocycles. The molecular weight excluding hydrogens is 524 g/mol. The van der Waals surface area contributed by atoms with Gasteiger partial charge in [-0.25, -0.2) is 0 Å². The normalized spacial score (nSPS) is 14.2. The number of aromatic hydroxyl groups is 1. The van der Waals surface area contributed by atoms with E-state index in [0.717, 1.165) is 32.1 Å². The van der Waals surface area contributed by atoms with Gasteiger partial charge < -0.3 is 29.2 Å². The van der Waals surface area contributed by atoms with Crippen molar-refractivity contribution in [3.05, 3.63) is 47.1 Å². The number of methoxy groups -OCH3 is 1. The molecule has 1 heterocycles. The van der Waals surface area contributed by atoms with Crippen molar-refractivity contribution in [1.29, 1.82) is 0 Å². The molecule has 0 radical (unpaired) electrons. The fourth-order valence-electron chi connectivity index (χ4n) is 3.94. The van der Waals surface area contributed by atoms with Gasteiger partial charge in [0.25, 0.3) is 0 Å². The monoisotopic (exact) mass is 544 g/mol. The van der Waals surface area contributed by atoms with E-state index in [0.29, 0.717) is 5.39 Å². The molecule has 8 nitrogen and oxygen atoms in total. The predicted molar refractivity (Wildman–Crippen MR) is 124 cm³/mol. The largest absolute Gasteiger partial charge is 0.494 e. The number of ether oxygens (including phenoxy) is 3. The molecule has 37 heavy (non-hydrogen) atoms. The summed E-state index contributed by atoms with van der Waals surface area (Å²) in [6, 6.07) is 5.21. The Morgan fingerprint density at radius 3 is 2.41 bits per heavy atom. The van der Waals surface area contributed by atoms with Crippen LogP contribution in [0, 0.1) is 5.92 Å². The van der Waals surface area contributed by atoms with Gasteiger partial charge in [-0.1, -0.05) is 17.7 Å². The van der Waals surface area contributed by atoms with Crippen molar-refractivity contribution in [3.8, 4) is 17.4 Å². The highest BCUT2D eigenvalue weighted by atomic mass is 35.5. The Morgan fingerprint density at radius 2 is 1.78 bits per heavy atom. The van der Waals surface area contributed by atoms with Gasteiger partial charge >= 0.3 is 19.2 Å². The first-order chi connectivity index (χ1) is 17.6. The highest BCUT2D eigenvalue weighted by molar-refractivity contribution is 6.36. The fourth-order valence-corrected chi connectivity index (χ4v) is 4.15. The third-order valence-corrected chi connectivity index (χ3v) is 6.17. The van der Waals surface area contributed by atoms with Crippen molar-refractivity contribution in [3.63, 3.8) is 0 Å². The molecule has 1 saturated carbocycles. The average Bonchev–Trinajstić information content (AvgIpc) is 3.63. The van der Waals surface area contributed by atoms with Gasteiger partial charge in [0.1, 0.15) is 0 Å². The fraction of sp³-hybridized carbons (Fsp3) is 0.333. The Balaban J connectivity index is 1.83. The first-order valence-corrected chi connectivity index (χ1v) is 11.4. The number of halogens is 5.